The van der Waals surface area contributed by atoms with Crippen LogP contribution >= 0.6 is 0 Å². The van der Waals surface area contributed by atoms with E-state index in [0.717, 1.165) is 72.0 Å². The standard InChI is InChI=1S/C43H31N3O2/c1-47-39-26-31-25-37(29-15-5-3-6-16-29)46-43(35(31)27-40(39)48-2)41(34-22-13-18-28-14-9-11-21-33(28)34)42(44-46)38-24-30-17-10-12-23-36(30)45(38)32-19-7-4-8-20-32/h3-27H,1-2H3. The molecule has 5 nitrogen and oxygen atoms in total. The third-order valence-electron chi connectivity index (χ3n) is 9.31. The lowest BCUT2D eigenvalue weighted by molar-refractivity contribution is 0.356. The fourth-order valence-electron chi connectivity index (χ4n) is 7.15. The largest absolute Gasteiger partial charge is 0.493 e. The molecular weight excluding hydrogens is 590 g/mol. The van der Waals surface area contributed by atoms with Crippen LogP contribution in [0.15, 0.2) is 152 Å². The van der Waals surface area contributed by atoms with Crippen molar-refractivity contribution in [3.05, 3.63) is 152 Å². The lowest BCUT2D eigenvalue weighted by Gasteiger charge is -2.15. The van der Waals surface area contributed by atoms with E-state index in [1.807, 2.05) is 6.07 Å². The van der Waals surface area contributed by atoms with Crippen LogP contribution in [0.25, 0.3) is 77.4 Å². The highest BCUT2D eigenvalue weighted by atomic mass is 16.5. The number of para-hydroxylation sites is 2. The van der Waals surface area contributed by atoms with Crippen molar-refractivity contribution in [2.45, 2.75) is 0 Å². The first kappa shape index (κ1) is 27.9. The van der Waals surface area contributed by atoms with Gasteiger partial charge in [-0.15, -0.1) is 0 Å². The molecule has 230 valence electrons. The molecule has 9 rings (SSSR count). The lowest BCUT2D eigenvalue weighted by Crippen LogP contribution is -1.98. The third-order valence-corrected chi connectivity index (χ3v) is 9.31. The Labute approximate surface area is 277 Å². The summed E-state index contributed by atoms with van der Waals surface area (Å²) in [7, 11) is 3.37. The highest BCUT2D eigenvalue weighted by Crippen LogP contribution is 2.46. The van der Waals surface area contributed by atoms with Gasteiger partial charge >= 0.3 is 0 Å². The summed E-state index contributed by atoms with van der Waals surface area (Å²) in [5.41, 5.74) is 9.34. The van der Waals surface area contributed by atoms with Crippen molar-refractivity contribution < 1.29 is 9.47 Å². The summed E-state index contributed by atoms with van der Waals surface area (Å²) in [6, 6.07) is 53.3. The average molecular weight is 622 g/mol. The smallest absolute Gasteiger partial charge is 0.161 e. The summed E-state index contributed by atoms with van der Waals surface area (Å²) in [5.74, 6) is 1.35. The van der Waals surface area contributed by atoms with E-state index < -0.39 is 0 Å². The molecule has 3 aromatic heterocycles. The molecule has 0 aliphatic heterocycles. The van der Waals surface area contributed by atoms with Gasteiger partial charge in [-0.1, -0.05) is 109 Å². The molecule has 0 radical (unpaired) electrons. The highest BCUT2D eigenvalue weighted by Gasteiger charge is 2.26. The first-order valence-electron chi connectivity index (χ1n) is 16.0. The molecule has 0 spiro atoms. The van der Waals surface area contributed by atoms with Crippen LogP contribution in [0.3, 0.4) is 0 Å². The first-order valence-corrected chi connectivity index (χ1v) is 16.0. The molecule has 0 atom stereocenters. The van der Waals surface area contributed by atoms with Crippen molar-refractivity contribution in [2.75, 3.05) is 14.2 Å². The van der Waals surface area contributed by atoms with Crippen molar-refractivity contribution in [1.82, 2.24) is 14.2 Å². The number of benzene rings is 6. The van der Waals surface area contributed by atoms with Gasteiger partial charge in [0.05, 0.1) is 36.6 Å². The summed E-state index contributed by atoms with van der Waals surface area (Å²) in [6.45, 7) is 0. The van der Waals surface area contributed by atoms with E-state index in [9.17, 15) is 0 Å². The highest BCUT2D eigenvalue weighted by molar-refractivity contribution is 6.13. The Bertz CT molecular complexity index is 2630. The Morgan fingerprint density at radius 2 is 1.17 bits per heavy atom. The molecule has 9 aromatic rings. The Hall–Kier alpha value is -6.33. The maximum atomic E-state index is 5.87. The second-order valence-corrected chi connectivity index (χ2v) is 12.0. The molecule has 0 bridgehead atoms. The van der Waals surface area contributed by atoms with E-state index >= 15 is 0 Å². The van der Waals surface area contributed by atoms with Crippen LogP contribution < -0.4 is 9.47 Å². The number of fused-ring (bicyclic) bond motifs is 5. The van der Waals surface area contributed by atoms with Crippen LogP contribution in [0.5, 0.6) is 11.5 Å². The molecule has 3 heterocycles. The molecule has 0 N–H and O–H groups in total. The van der Waals surface area contributed by atoms with Crippen molar-refractivity contribution in [3.63, 3.8) is 0 Å². The Kier molecular flexibility index (Phi) is 6.51. The van der Waals surface area contributed by atoms with Gasteiger partial charge in [0, 0.05) is 27.6 Å². The predicted octanol–water partition coefficient (Wildman–Crippen LogP) is 10.6. The van der Waals surface area contributed by atoms with Crippen molar-refractivity contribution in [2.24, 2.45) is 0 Å². The molecule has 0 saturated heterocycles. The molecule has 0 amide bonds. The molecule has 0 fully saturated rings. The number of hydrogen-bond donors (Lipinski definition) is 0. The van der Waals surface area contributed by atoms with Crippen LogP contribution in [0.4, 0.5) is 0 Å². The van der Waals surface area contributed by atoms with Gasteiger partial charge in [0.15, 0.2) is 11.5 Å². The molecule has 5 heteroatoms. The van der Waals surface area contributed by atoms with E-state index in [0.29, 0.717) is 11.5 Å². The minimum Gasteiger partial charge on any atom is -0.493 e. The molecule has 48 heavy (non-hydrogen) atoms. The number of methoxy groups -OCH3 is 2. The maximum absolute atomic E-state index is 5.87. The molecule has 0 unspecified atom stereocenters. The second kappa shape index (κ2) is 11.2. The minimum absolute atomic E-state index is 0.671. The fourth-order valence-corrected chi connectivity index (χ4v) is 7.15. The molecule has 0 aliphatic carbocycles. The third kappa shape index (κ3) is 4.28. The zero-order chi connectivity index (χ0) is 32.2. The van der Waals surface area contributed by atoms with Gasteiger partial charge in [-0.2, -0.15) is 5.10 Å². The van der Waals surface area contributed by atoms with E-state index in [1.165, 1.54) is 5.39 Å². The van der Waals surface area contributed by atoms with Gasteiger partial charge < -0.3 is 14.0 Å². The number of ether oxygens (including phenoxy) is 2. The number of rotatable bonds is 6. The van der Waals surface area contributed by atoms with Crippen LogP contribution in [0.1, 0.15) is 0 Å². The van der Waals surface area contributed by atoms with Crippen LogP contribution in [-0.2, 0) is 0 Å². The first-order chi connectivity index (χ1) is 23.7. The van der Waals surface area contributed by atoms with Gasteiger partial charge in [-0.05, 0) is 64.2 Å². The number of aromatic nitrogens is 3. The van der Waals surface area contributed by atoms with Gasteiger partial charge in [0.25, 0.3) is 0 Å². The summed E-state index contributed by atoms with van der Waals surface area (Å²) in [5, 5.41) is 11.1. The maximum Gasteiger partial charge on any atom is 0.161 e. The second-order valence-electron chi connectivity index (χ2n) is 12.0. The Balaban J connectivity index is 1.52. The zero-order valence-corrected chi connectivity index (χ0v) is 26.6. The van der Waals surface area contributed by atoms with E-state index in [-0.39, 0.29) is 0 Å². The summed E-state index contributed by atoms with van der Waals surface area (Å²) < 4.78 is 16.1. The molecule has 0 aliphatic rings. The quantitative estimate of drug-likeness (QED) is 0.185. The summed E-state index contributed by atoms with van der Waals surface area (Å²) in [4.78, 5) is 0. The van der Waals surface area contributed by atoms with Crippen molar-refractivity contribution >= 4 is 38.0 Å². The van der Waals surface area contributed by atoms with Crippen LogP contribution in [0.2, 0.25) is 0 Å². The molecule has 0 saturated carbocycles. The normalized spacial score (nSPS) is 11.5. The average Bonchev–Trinajstić information content (AvgIpc) is 3.74. The summed E-state index contributed by atoms with van der Waals surface area (Å²) >= 11 is 0. The monoisotopic (exact) mass is 621 g/mol. The predicted molar refractivity (Wildman–Crippen MR) is 196 cm³/mol. The van der Waals surface area contributed by atoms with Gasteiger partial charge in [0.1, 0.15) is 5.69 Å². The number of nitrogens with zero attached hydrogens (tertiary/aromatic N) is 3. The molecule has 6 aromatic carbocycles. The van der Waals surface area contributed by atoms with Crippen LogP contribution in [-0.4, -0.2) is 28.4 Å². The van der Waals surface area contributed by atoms with Gasteiger partial charge in [0.2, 0.25) is 0 Å². The Morgan fingerprint density at radius 3 is 1.96 bits per heavy atom. The zero-order valence-electron chi connectivity index (χ0n) is 26.6. The minimum atomic E-state index is 0.671. The SMILES string of the molecule is COc1cc2cc(-c3ccccc3)n3nc(-c4cc5ccccc5n4-c4ccccc4)c(-c4cccc5ccccc45)c3c2cc1OC. The topological polar surface area (TPSA) is 40.7 Å². The van der Waals surface area contributed by atoms with E-state index in [4.69, 9.17) is 14.6 Å². The lowest BCUT2D eigenvalue weighted by atomic mass is 9.94. The van der Waals surface area contributed by atoms with E-state index in [1.54, 1.807) is 14.2 Å². The van der Waals surface area contributed by atoms with Crippen LogP contribution in [0, 0.1) is 0 Å². The number of hydrogen-bond acceptors (Lipinski definition) is 3. The van der Waals surface area contributed by atoms with E-state index in [2.05, 4.69) is 155 Å². The van der Waals surface area contributed by atoms with Gasteiger partial charge in [-0.25, -0.2) is 4.52 Å². The summed E-state index contributed by atoms with van der Waals surface area (Å²) in [6.07, 6.45) is 0. The van der Waals surface area contributed by atoms with Crippen molar-refractivity contribution in [1.29, 1.82) is 0 Å². The fraction of sp³-hybridized carbons (Fsp3) is 0.0465. The Morgan fingerprint density at radius 1 is 0.521 bits per heavy atom. The molecular formula is C43H31N3O2. The van der Waals surface area contributed by atoms with Crippen molar-refractivity contribution in [3.8, 4) is 51.0 Å². The number of pyridine rings is 1. The van der Waals surface area contributed by atoms with Gasteiger partial charge in [-0.3, -0.25) is 0 Å².